The molecule has 2 unspecified atom stereocenters. The maximum atomic E-state index is 5.95. The summed E-state index contributed by atoms with van der Waals surface area (Å²) < 4.78 is 0. The summed E-state index contributed by atoms with van der Waals surface area (Å²) in [5, 5.41) is 1.13. The Hall–Kier alpha value is -0.310. The van der Waals surface area contributed by atoms with Gasteiger partial charge in [0.15, 0.2) is 0 Å². The summed E-state index contributed by atoms with van der Waals surface area (Å²) in [7, 11) is 0. The number of rotatable bonds is 3. The molecule has 0 aliphatic heterocycles. The van der Waals surface area contributed by atoms with Gasteiger partial charge in [-0.3, -0.25) is 0 Å². The Bertz CT molecular complexity index is 379. The van der Waals surface area contributed by atoms with Crippen LogP contribution in [-0.2, 0) is 0 Å². The van der Waals surface area contributed by atoms with Crippen LogP contribution in [0.2, 0.25) is 10.0 Å². The average Bonchev–Trinajstić information content (AvgIpc) is 2.19. The van der Waals surface area contributed by atoms with Crippen molar-refractivity contribution in [2.24, 2.45) is 11.7 Å². The summed E-state index contributed by atoms with van der Waals surface area (Å²) >= 11 is 16.8. The molecule has 0 aromatic heterocycles. The van der Waals surface area contributed by atoms with Crippen molar-refractivity contribution in [1.82, 2.24) is 0 Å². The third-order valence-corrected chi connectivity index (χ3v) is 3.78. The van der Waals surface area contributed by atoms with Crippen LogP contribution in [-0.4, -0.2) is 4.99 Å². The van der Waals surface area contributed by atoms with Crippen LogP contribution in [0, 0.1) is 5.92 Å². The smallest absolute Gasteiger partial charge is 0.0761 e. The van der Waals surface area contributed by atoms with E-state index in [0.29, 0.717) is 15.0 Å². The largest absolute Gasteiger partial charge is 0.393 e. The molecule has 1 aromatic rings. The molecule has 82 valence electrons. The lowest BCUT2D eigenvalue weighted by Crippen LogP contribution is -2.23. The van der Waals surface area contributed by atoms with E-state index in [0.717, 1.165) is 5.56 Å². The SMILES string of the molecule is CC(C(N)=S)C(C)c1ccc(Cl)c(Cl)c1. The van der Waals surface area contributed by atoms with E-state index in [1.807, 2.05) is 19.1 Å². The van der Waals surface area contributed by atoms with Crippen LogP contribution < -0.4 is 5.73 Å². The van der Waals surface area contributed by atoms with Crippen molar-refractivity contribution < 1.29 is 0 Å². The Balaban J connectivity index is 2.96. The van der Waals surface area contributed by atoms with Gasteiger partial charge in [-0.25, -0.2) is 0 Å². The van der Waals surface area contributed by atoms with Crippen LogP contribution >= 0.6 is 35.4 Å². The zero-order valence-electron chi connectivity index (χ0n) is 8.63. The van der Waals surface area contributed by atoms with Gasteiger partial charge in [-0.05, 0) is 23.6 Å². The topological polar surface area (TPSA) is 26.0 Å². The second-order valence-corrected chi connectivity index (χ2v) is 4.94. The third kappa shape index (κ3) is 3.07. The third-order valence-electron chi connectivity index (χ3n) is 2.67. The quantitative estimate of drug-likeness (QED) is 0.832. The Morgan fingerprint density at radius 1 is 1.27 bits per heavy atom. The maximum absolute atomic E-state index is 5.95. The first-order valence-corrected chi connectivity index (χ1v) is 5.84. The molecule has 0 bridgehead atoms. The summed E-state index contributed by atoms with van der Waals surface area (Å²) in [5.41, 5.74) is 6.72. The predicted molar refractivity (Wildman–Crippen MR) is 70.8 cm³/mol. The molecule has 0 saturated carbocycles. The van der Waals surface area contributed by atoms with E-state index < -0.39 is 0 Å². The van der Waals surface area contributed by atoms with Gasteiger partial charge >= 0.3 is 0 Å². The Morgan fingerprint density at radius 2 is 1.87 bits per heavy atom. The molecule has 1 aromatic carbocycles. The molecule has 0 radical (unpaired) electrons. The van der Waals surface area contributed by atoms with E-state index in [9.17, 15) is 0 Å². The molecule has 0 spiro atoms. The van der Waals surface area contributed by atoms with Gasteiger partial charge in [0.2, 0.25) is 0 Å². The van der Waals surface area contributed by atoms with Crippen molar-refractivity contribution in [3.63, 3.8) is 0 Å². The lowest BCUT2D eigenvalue weighted by atomic mass is 9.89. The highest BCUT2D eigenvalue weighted by molar-refractivity contribution is 7.80. The number of hydrogen-bond donors (Lipinski definition) is 1. The van der Waals surface area contributed by atoms with Gasteiger partial charge in [0.05, 0.1) is 15.0 Å². The summed E-state index contributed by atoms with van der Waals surface area (Å²) in [6.45, 7) is 4.08. The number of hydrogen-bond acceptors (Lipinski definition) is 1. The molecule has 4 heteroatoms. The summed E-state index contributed by atoms with van der Waals surface area (Å²) in [4.78, 5) is 0.522. The molecule has 0 amide bonds. The molecule has 1 nitrogen and oxygen atoms in total. The van der Waals surface area contributed by atoms with E-state index in [2.05, 4.69) is 6.92 Å². The van der Waals surface area contributed by atoms with E-state index in [-0.39, 0.29) is 11.8 Å². The Morgan fingerprint density at radius 3 is 2.33 bits per heavy atom. The van der Waals surface area contributed by atoms with Gasteiger partial charge in [0.25, 0.3) is 0 Å². The number of halogens is 2. The zero-order valence-corrected chi connectivity index (χ0v) is 11.0. The van der Waals surface area contributed by atoms with Crippen molar-refractivity contribution >= 4 is 40.4 Å². The van der Waals surface area contributed by atoms with Crippen molar-refractivity contribution in [2.75, 3.05) is 0 Å². The minimum Gasteiger partial charge on any atom is -0.393 e. The fourth-order valence-corrected chi connectivity index (χ4v) is 1.84. The first-order chi connectivity index (χ1) is 6.93. The molecular formula is C11H13Cl2NS. The first kappa shape index (κ1) is 12.8. The minimum absolute atomic E-state index is 0.150. The molecule has 2 atom stereocenters. The van der Waals surface area contributed by atoms with E-state index in [4.69, 9.17) is 41.2 Å². The predicted octanol–water partition coefficient (Wildman–Crippen LogP) is 4.02. The van der Waals surface area contributed by atoms with Crippen LogP contribution in [0.3, 0.4) is 0 Å². The van der Waals surface area contributed by atoms with Crippen LogP contribution in [0.25, 0.3) is 0 Å². The standard InChI is InChI=1S/C11H13Cl2NS/c1-6(7(2)11(14)15)8-3-4-9(12)10(13)5-8/h3-7H,1-2H3,(H2,14,15). The molecule has 0 fully saturated rings. The lowest BCUT2D eigenvalue weighted by Gasteiger charge is -2.19. The molecule has 0 saturated heterocycles. The molecule has 0 heterocycles. The zero-order chi connectivity index (χ0) is 11.6. The van der Waals surface area contributed by atoms with Crippen molar-refractivity contribution in [3.05, 3.63) is 33.8 Å². The van der Waals surface area contributed by atoms with Crippen LogP contribution in [0.4, 0.5) is 0 Å². The summed E-state index contributed by atoms with van der Waals surface area (Å²) in [6.07, 6.45) is 0. The van der Waals surface area contributed by atoms with Gasteiger partial charge in [-0.2, -0.15) is 0 Å². The van der Waals surface area contributed by atoms with E-state index in [1.54, 1.807) is 6.07 Å². The number of benzene rings is 1. The normalized spacial score (nSPS) is 14.7. The average molecular weight is 262 g/mol. The molecular weight excluding hydrogens is 249 g/mol. The van der Waals surface area contributed by atoms with Crippen molar-refractivity contribution in [3.8, 4) is 0 Å². The number of nitrogens with two attached hydrogens (primary N) is 1. The molecule has 2 N–H and O–H groups in total. The molecule has 15 heavy (non-hydrogen) atoms. The van der Waals surface area contributed by atoms with Crippen LogP contribution in [0.5, 0.6) is 0 Å². The first-order valence-electron chi connectivity index (χ1n) is 4.67. The van der Waals surface area contributed by atoms with Gasteiger partial charge in [0, 0.05) is 5.92 Å². The van der Waals surface area contributed by atoms with Crippen molar-refractivity contribution in [1.29, 1.82) is 0 Å². The Kier molecular flexibility index (Phi) is 4.38. The summed E-state index contributed by atoms with van der Waals surface area (Å²) in [6, 6.07) is 5.61. The molecule has 1 rings (SSSR count). The fourth-order valence-electron chi connectivity index (χ4n) is 1.33. The van der Waals surface area contributed by atoms with Crippen LogP contribution in [0.1, 0.15) is 25.3 Å². The molecule has 0 aliphatic rings. The minimum atomic E-state index is 0.150. The maximum Gasteiger partial charge on any atom is 0.0761 e. The van der Waals surface area contributed by atoms with E-state index >= 15 is 0 Å². The monoisotopic (exact) mass is 261 g/mol. The van der Waals surface area contributed by atoms with Crippen molar-refractivity contribution in [2.45, 2.75) is 19.8 Å². The second-order valence-electron chi connectivity index (χ2n) is 3.65. The fraction of sp³-hybridized carbons (Fsp3) is 0.364. The Labute approximate surface area is 106 Å². The van der Waals surface area contributed by atoms with E-state index in [1.165, 1.54) is 0 Å². The highest BCUT2D eigenvalue weighted by Gasteiger charge is 2.17. The van der Waals surface area contributed by atoms with Gasteiger partial charge in [0.1, 0.15) is 0 Å². The van der Waals surface area contributed by atoms with Crippen LogP contribution in [0.15, 0.2) is 18.2 Å². The highest BCUT2D eigenvalue weighted by Crippen LogP contribution is 2.30. The lowest BCUT2D eigenvalue weighted by molar-refractivity contribution is 0.627. The molecule has 0 aliphatic carbocycles. The van der Waals surface area contributed by atoms with Gasteiger partial charge < -0.3 is 5.73 Å². The number of thiocarbonyl (C=S) groups is 1. The second kappa shape index (κ2) is 5.15. The van der Waals surface area contributed by atoms with Gasteiger partial charge in [-0.15, -0.1) is 0 Å². The summed E-state index contributed by atoms with van der Waals surface area (Å²) in [5.74, 6) is 0.398. The highest BCUT2D eigenvalue weighted by atomic mass is 35.5. The van der Waals surface area contributed by atoms with Gasteiger partial charge in [-0.1, -0.05) is 55.3 Å².